The van der Waals surface area contributed by atoms with Crippen molar-refractivity contribution in [1.29, 1.82) is 5.41 Å². The van der Waals surface area contributed by atoms with Crippen LogP contribution in [0.25, 0.3) is 0 Å². The summed E-state index contributed by atoms with van der Waals surface area (Å²) >= 11 is 0. The van der Waals surface area contributed by atoms with Gasteiger partial charge in [-0.3, -0.25) is 15.4 Å². The molecular formula is C8H8N4. The number of nitrogens with two attached hydrogens (primary N) is 1. The van der Waals surface area contributed by atoms with E-state index in [0.29, 0.717) is 6.42 Å². The number of nitrogens with one attached hydrogen (secondary N) is 1. The molecule has 2 aliphatic rings. The summed E-state index contributed by atoms with van der Waals surface area (Å²) in [6.07, 6.45) is 5.78. The summed E-state index contributed by atoms with van der Waals surface area (Å²) in [6, 6.07) is 0. The van der Waals surface area contributed by atoms with Gasteiger partial charge in [0, 0.05) is 30.0 Å². The molecular weight excluding hydrogens is 152 g/mol. The molecule has 0 aliphatic carbocycles. The fourth-order valence-electron chi connectivity index (χ4n) is 1.16. The first-order chi connectivity index (χ1) is 5.77. The van der Waals surface area contributed by atoms with Gasteiger partial charge in [0.1, 0.15) is 5.84 Å². The van der Waals surface area contributed by atoms with Gasteiger partial charge < -0.3 is 5.73 Å². The SMILES string of the molecule is N=C(N)C1=CN=C2C=NC=C2C1. The predicted molar refractivity (Wildman–Crippen MR) is 48.6 cm³/mol. The number of hydrogen-bond donors (Lipinski definition) is 2. The van der Waals surface area contributed by atoms with Crippen LogP contribution in [0.5, 0.6) is 0 Å². The fraction of sp³-hybridized carbons (Fsp3) is 0.125. The Hall–Kier alpha value is -1.71. The molecule has 4 nitrogen and oxygen atoms in total. The number of hydrogen-bond acceptors (Lipinski definition) is 3. The van der Waals surface area contributed by atoms with Crippen molar-refractivity contribution >= 4 is 17.8 Å². The maximum Gasteiger partial charge on any atom is 0.120 e. The largest absolute Gasteiger partial charge is 0.384 e. The molecule has 12 heavy (non-hydrogen) atoms. The van der Waals surface area contributed by atoms with E-state index in [2.05, 4.69) is 9.98 Å². The van der Waals surface area contributed by atoms with Crippen LogP contribution < -0.4 is 5.73 Å². The van der Waals surface area contributed by atoms with E-state index in [1.807, 2.05) is 0 Å². The molecule has 0 saturated carbocycles. The van der Waals surface area contributed by atoms with E-state index in [1.165, 1.54) is 0 Å². The Labute approximate surface area is 69.7 Å². The second kappa shape index (κ2) is 2.41. The Balaban J connectivity index is 2.33. The van der Waals surface area contributed by atoms with Gasteiger partial charge in [0.25, 0.3) is 0 Å². The van der Waals surface area contributed by atoms with Gasteiger partial charge in [-0.05, 0) is 0 Å². The molecule has 0 radical (unpaired) electrons. The topological polar surface area (TPSA) is 74.6 Å². The number of fused-ring (bicyclic) bond motifs is 1. The van der Waals surface area contributed by atoms with Crippen LogP contribution >= 0.6 is 0 Å². The molecule has 0 amide bonds. The quantitative estimate of drug-likeness (QED) is 0.428. The Bertz CT molecular complexity index is 357. The van der Waals surface area contributed by atoms with Gasteiger partial charge in [-0.25, -0.2) is 0 Å². The van der Waals surface area contributed by atoms with E-state index in [-0.39, 0.29) is 5.84 Å². The molecule has 2 aliphatic heterocycles. The summed E-state index contributed by atoms with van der Waals surface area (Å²) in [5.74, 6) is 0.0885. The number of allylic oxidation sites excluding steroid dienone is 1. The molecule has 3 N–H and O–H groups in total. The molecule has 0 spiro atoms. The predicted octanol–water partition coefficient (Wildman–Crippen LogP) is 0.619. The number of amidine groups is 1. The summed E-state index contributed by atoms with van der Waals surface area (Å²) in [5, 5.41) is 7.21. The van der Waals surface area contributed by atoms with Crippen molar-refractivity contribution < 1.29 is 0 Å². The first-order valence-corrected chi connectivity index (χ1v) is 3.61. The van der Waals surface area contributed by atoms with Crippen LogP contribution in [0.15, 0.2) is 33.5 Å². The van der Waals surface area contributed by atoms with E-state index >= 15 is 0 Å². The normalized spacial score (nSPS) is 19.5. The van der Waals surface area contributed by atoms with E-state index in [4.69, 9.17) is 11.1 Å². The molecule has 2 rings (SSSR count). The molecule has 0 aromatic heterocycles. The highest BCUT2D eigenvalue weighted by Gasteiger charge is 2.16. The smallest absolute Gasteiger partial charge is 0.120 e. The van der Waals surface area contributed by atoms with Gasteiger partial charge in [-0.2, -0.15) is 0 Å². The number of aliphatic imine (C=N–C) groups is 2. The second-order valence-corrected chi connectivity index (χ2v) is 2.69. The van der Waals surface area contributed by atoms with Crippen molar-refractivity contribution in [2.24, 2.45) is 15.7 Å². The zero-order chi connectivity index (χ0) is 8.55. The van der Waals surface area contributed by atoms with Crippen LogP contribution in [0.3, 0.4) is 0 Å². The average Bonchev–Trinajstić information content (AvgIpc) is 2.49. The third-order valence-corrected chi connectivity index (χ3v) is 1.84. The Morgan fingerprint density at radius 2 is 2.33 bits per heavy atom. The van der Waals surface area contributed by atoms with Crippen molar-refractivity contribution in [2.45, 2.75) is 6.42 Å². The van der Waals surface area contributed by atoms with Crippen molar-refractivity contribution in [1.82, 2.24) is 0 Å². The van der Waals surface area contributed by atoms with Gasteiger partial charge in [0.2, 0.25) is 0 Å². The molecule has 0 fully saturated rings. The van der Waals surface area contributed by atoms with Crippen molar-refractivity contribution in [2.75, 3.05) is 0 Å². The first kappa shape index (κ1) is 6.97. The Kier molecular flexibility index (Phi) is 1.40. The van der Waals surface area contributed by atoms with E-state index in [0.717, 1.165) is 16.9 Å². The lowest BCUT2D eigenvalue weighted by molar-refractivity contribution is 1.18. The molecule has 0 unspecified atom stereocenters. The molecule has 0 atom stereocenters. The summed E-state index contributed by atoms with van der Waals surface area (Å²) in [6.45, 7) is 0. The number of rotatable bonds is 1. The minimum absolute atomic E-state index is 0.0885. The fourth-order valence-corrected chi connectivity index (χ4v) is 1.16. The van der Waals surface area contributed by atoms with Gasteiger partial charge in [-0.15, -0.1) is 0 Å². The third-order valence-electron chi connectivity index (χ3n) is 1.84. The highest BCUT2D eigenvalue weighted by atomic mass is 14.8. The summed E-state index contributed by atoms with van der Waals surface area (Å²) in [7, 11) is 0. The zero-order valence-corrected chi connectivity index (χ0v) is 6.41. The maximum absolute atomic E-state index is 7.21. The monoisotopic (exact) mass is 160 g/mol. The van der Waals surface area contributed by atoms with Crippen molar-refractivity contribution in [3.63, 3.8) is 0 Å². The van der Waals surface area contributed by atoms with Crippen LogP contribution in [0, 0.1) is 5.41 Å². The van der Waals surface area contributed by atoms with Crippen molar-refractivity contribution in [3.05, 3.63) is 23.5 Å². The highest BCUT2D eigenvalue weighted by Crippen LogP contribution is 2.20. The van der Waals surface area contributed by atoms with Gasteiger partial charge in [0.15, 0.2) is 0 Å². The highest BCUT2D eigenvalue weighted by molar-refractivity contribution is 6.40. The maximum atomic E-state index is 7.21. The van der Waals surface area contributed by atoms with E-state index < -0.39 is 0 Å². The molecule has 0 aromatic rings. The lowest BCUT2D eigenvalue weighted by Crippen LogP contribution is -2.17. The van der Waals surface area contributed by atoms with E-state index in [1.54, 1.807) is 18.6 Å². The lowest BCUT2D eigenvalue weighted by atomic mass is 10.0. The molecule has 4 heteroatoms. The minimum atomic E-state index is 0.0885. The molecule has 0 bridgehead atoms. The Morgan fingerprint density at radius 3 is 3.08 bits per heavy atom. The summed E-state index contributed by atoms with van der Waals surface area (Å²) in [4.78, 5) is 8.07. The minimum Gasteiger partial charge on any atom is -0.384 e. The summed E-state index contributed by atoms with van der Waals surface area (Å²) < 4.78 is 0. The zero-order valence-electron chi connectivity index (χ0n) is 6.41. The van der Waals surface area contributed by atoms with Crippen LogP contribution in [-0.4, -0.2) is 17.8 Å². The average molecular weight is 160 g/mol. The van der Waals surface area contributed by atoms with Crippen molar-refractivity contribution in [3.8, 4) is 0 Å². The van der Waals surface area contributed by atoms with E-state index in [9.17, 15) is 0 Å². The molecule has 2 heterocycles. The van der Waals surface area contributed by atoms with Gasteiger partial charge in [-0.1, -0.05) is 0 Å². The number of nitrogens with zero attached hydrogens (tertiary/aromatic N) is 2. The van der Waals surface area contributed by atoms with Gasteiger partial charge in [0.05, 0.1) is 11.9 Å². The molecule has 0 saturated heterocycles. The lowest BCUT2D eigenvalue weighted by Gasteiger charge is -2.09. The first-order valence-electron chi connectivity index (χ1n) is 3.61. The van der Waals surface area contributed by atoms with Crippen LogP contribution in [0.1, 0.15) is 6.42 Å². The second-order valence-electron chi connectivity index (χ2n) is 2.69. The molecule has 0 aromatic carbocycles. The Morgan fingerprint density at radius 1 is 1.50 bits per heavy atom. The summed E-state index contributed by atoms with van der Waals surface area (Å²) in [5.41, 5.74) is 8.02. The van der Waals surface area contributed by atoms with Gasteiger partial charge >= 0.3 is 0 Å². The third kappa shape index (κ3) is 0.972. The molecule has 60 valence electrons. The standard InChI is InChI=1S/C8H8N4/c9-8(10)6-1-5-2-11-4-7(5)12-3-6/h2-4H,1H2,(H3,9,10). The van der Waals surface area contributed by atoms with Crippen LogP contribution in [0.4, 0.5) is 0 Å². The van der Waals surface area contributed by atoms with Crippen LogP contribution in [0.2, 0.25) is 0 Å². The van der Waals surface area contributed by atoms with Crippen LogP contribution in [-0.2, 0) is 0 Å².